The molecule has 1 aromatic rings. The highest BCUT2D eigenvalue weighted by Crippen LogP contribution is 2.25. The van der Waals surface area contributed by atoms with Crippen LogP contribution in [0.5, 0.6) is 0 Å². The number of hydrogen-bond donors (Lipinski definition) is 3. The van der Waals surface area contributed by atoms with Crippen molar-refractivity contribution < 1.29 is 5.11 Å². The van der Waals surface area contributed by atoms with E-state index in [-0.39, 0.29) is 18.1 Å². The van der Waals surface area contributed by atoms with Gasteiger partial charge in [0.25, 0.3) is 0 Å². The minimum atomic E-state index is 0.0806. The van der Waals surface area contributed by atoms with Crippen LogP contribution in [0.15, 0.2) is 18.2 Å². The lowest BCUT2D eigenvalue weighted by atomic mass is 9.85. The Hall–Kier alpha value is -1.29. The minimum absolute atomic E-state index is 0.0806. The molecule has 0 fully saturated rings. The number of anilines is 2. The lowest BCUT2D eigenvalue weighted by Crippen LogP contribution is -2.35. The zero-order chi connectivity index (χ0) is 14.3. The number of aromatic nitrogens is 1. The molecule has 0 spiro atoms. The van der Waals surface area contributed by atoms with Crippen molar-refractivity contribution >= 4 is 11.6 Å². The highest BCUT2D eigenvalue weighted by Gasteiger charge is 2.24. The second kappa shape index (κ2) is 7.34. The summed E-state index contributed by atoms with van der Waals surface area (Å²) in [6.45, 7) is 9.74. The molecule has 0 aliphatic heterocycles. The summed E-state index contributed by atoms with van der Waals surface area (Å²) in [5, 5.41) is 15.9. The van der Waals surface area contributed by atoms with E-state index in [2.05, 4.69) is 43.3 Å². The Morgan fingerprint density at radius 1 is 1.26 bits per heavy atom. The molecule has 0 aliphatic carbocycles. The van der Waals surface area contributed by atoms with E-state index in [9.17, 15) is 5.11 Å². The van der Waals surface area contributed by atoms with Gasteiger partial charge in [0, 0.05) is 19.2 Å². The number of aliphatic hydroxyl groups excluding tert-OH is 1. The van der Waals surface area contributed by atoms with E-state index < -0.39 is 0 Å². The fourth-order valence-corrected chi connectivity index (χ4v) is 1.90. The third-order valence-electron chi connectivity index (χ3n) is 3.09. The second-order valence-electron chi connectivity index (χ2n) is 5.91. The molecule has 1 atom stereocenters. The Labute approximate surface area is 116 Å². The van der Waals surface area contributed by atoms with Gasteiger partial charge in [0.2, 0.25) is 0 Å². The van der Waals surface area contributed by atoms with Crippen LogP contribution < -0.4 is 10.6 Å². The molecule has 4 heteroatoms. The Bertz CT molecular complexity index is 374. The molecule has 0 amide bonds. The first-order valence-electron chi connectivity index (χ1n) is 7.05. The average molecular weight is 265 g/mol. The molecule has 0 aliphatic rings. The molecule has 0 saturated heterocycles. The van der Waals surface area contributed by atoms with E-state index in [1.165, 1.54) is 0 Å². The fraction of sp³-hybridized carbons (Fsp3) is 0.667. The van der Waals surface area contributed by atoms with Crippen LogP contribution in [0.1, 0.15) is 40.5 Å². The van der Waals surface area contributed by atoms with E-state index >= 15 is 0 Å². The highest BCUT2D eigenvalue weighted by atomic mass is 16.3. The van der Waals surface area contributed by atoms with Crippen molar-refractivity contribution in [2.45, 2.75) is 46.6 Å². The summed E-state index contributed by atoms with van der Waals surface area (Å²) in [4.78, 5) is 4.54. The summed E-state index contributed by atoms with van der Waals surface area (Å²) in [6.07, 6.45) is 1.80. The first kappa shape index (κ1) is 15.8. The van der Waals surface area contributed by atoms with Crippen LogP contribution in [0.2, 0.25) is 0 Å². The topological polar surface area (TPSA) is 57.2 Å². The summed E-state index contributed by atoms with van der Waals surface area (Å²) < 4.78 is 0. The molecule has 0 radical (unpaired) electrons. The van der Waals surface area contributed by atoms with Gasteiger partial charge in [-0.05, 0) is 30.4 Å². The van der Waals surface area contributed by atoms with Crippen molar-refractivity contribution in [3.05, 3.63) is 18.2 Å². The van der Waals surface area contributed by atoms with Crippen molar-refractivity contribution in [1.82, 2.24) is 4.98 Å². The molecular formula is C15H27N3O. The molecule has 1 unspecified atom stereocenters. The summed E-state index contributed by atoms with van der Waals surface area (Å²) in [6, 6.07) is 6.13. The third kappa shape index (κ3) is 5.47. The fourth-order valence-electron chi connectivity index (χ4n) is 1.90. The van der Waals surface area contributed by atoms with Gasteiger partial charge < -0.3 is 15.7 Å². The highest BCUT2D eigenvalue weighted by molar-refractivity contribution is 5.45. The third-order valence-corrected chi connectivity index (χ3v) is 3.09. The van der Waals surface area contributed by atoms with Gasteiger partial charge in [0.1, 0.15) is 11.6 Å². The van der Waals surface area contributed by atoms with Gasteiger partial charge in [0.15, 0.2) is 0 Å². The van der Waals surface area contributed by atoms with Gasteiger partial charge in [-0.15, -0.1) is 0 Å². The standard InChI is InChI=1S/C15H27N3O/c1-5-10-16-13-7-6-8-14(18-13)17-12(9-11-19)15(2,3)4/h6-8,12,19H,5,9-11H2,1-4H3,(H2,16,17,18). The molecule has 0 saturated carbocycles. The Balaban J connectivity index is 2.73. The molecular weight excluding hydrogens is 238 g/mol. The molecule has 0 bridgehead atoms. The van der Waals surface area contributed by atoms with Crippen molar-refractivity contribution in [3.8, 4) is 0 Å². The summed E-state index contributed by atoms with van der Waals surface area (Å²) in [7, 11) is 0. The zero-order valence-electron chi connectivity index (χ0n) is 12.5. The maximum absolute atomic E-state index is 9.18. The Morgan fingerprint density at radius 3 is 2.53 bits per heavy atom. The molecule has 1 aromatic heterocycles. The van der Waals surface area contributed by atoms with E-state index in [4.69, 9.17) is 0 Å². The van der Waals surface area contributed by atoms with Gasteiger partial charge >= 0.3 is 0 Å². The normalized spacial score (nSPS) is 13.1. The van der Waals surface area contributed by atoms with Crippen molar-refractivity contribution in [2.24, 2.45) is 5.41 Å². The molecule has 108 valence electrons. The molecule has 3 N–H and O–H groups in total. The zero-order valence-corrected chi connectivity index (χ0v) is 12.5. The van der Waals surface area contributed by atoms with Crippen LogP contribution in [0.25, 0.3) is 0 Å². The summed E-state index contributed by atoms with van der Waals surface area (Å²) >= 11 is 0. The van der Waals surface area contributed by atoms with Crippen LogP contribution in [-0.2, 0) is 0 Å². The van der Waals surface area contributed by atoms with Crippen LogP contribution in [0, 0.1) is 5.41 Å². The average Bonchev–Trinajstić information content (AvgIpc) is 2.35. The predicted octanol–water partition coefficient (Wildman–Crippen LogP) is 3.11. The van der Waals surface area contributed by atoms with Crippen LogP contribution in [-0.4, -0.2) is 29.3 Å². The maximum Gasteiger partial charge on any atom is 0.128 e. The van der Waals surface area contributed by atoms with Crippen molar-refractivity contribution in [3.63, 3.8) is 0 Å². The number of nitrogens with zero attached hydrogens (tertiary/aromatic N) is 1. The van der Waals surface area contributed by atoms with Crippen molar-refractivity contribution in [2.75, 3.05) is 23.8 Å². The predicted molar refractivity (Wildman–Crippen MR) is 81.6 cm³/mol. The molecule has 4 nitrogen and oxygen atoms in total. The Kier molecular flexibility index (Phi) is 6.09. The van der Waals surface area contributed by atoms with Gasteiger partial charge in [0.05, 0.1) is 0 Å². The smallest absolute Gasteiger partial charge is 0.128 e. The maximum atomic E-state index is 9.18. The van der Waals surface area contributed by atoms with E-state index in [1.807, 2.05) is 18.2 Å². The first-order valence-corrected chi connectivity index (χ1v) is 7.05. The largest absolute Gasteiger partial charge is 0.396 e. The quantitative estimate of drug-likeness (QED) is 0.709. The molecule has 1 heterocycles. The van der Waals surface area contributed by atoms with Crippen LogP contribution in [0.4, 0.5) is 11.6 Å². The van der Waals surface area contributed by atoms with Crippen LogP contribution in [0.3, 0.4) is 0 Å². The second-order valence-corrected chi connectivity index (χ2v) is 5.91. The lowest BCUT2D eigenvalue weighted by Gasteiger charge is -2.31. The van der Waals surface area contributed by atoms with E-state index in [0.717, 1.165) is 31.0 Å². The van der Waals surface area contributed by atoms with Gasteiger partial charge in [-0.1, -0.05) is 33.8 Å². The number of aliphatic hydroxyl groups is 1. The molecule has 0 aromatic carbocycles. The number of pyridine rings is 1. The van der Waals surface area contributed by atoms with Gasteiger partial charge in [-0.25, -0.2) is 4.98 Å². The minimum Gasteiger partial charge on any atom is -0.396 e. The lowest BCUT2D eigenvalue weighted by molar-refractivity contribution is 0.235. The summed E-state index contributed by atoms with van der Waals surface area (Å²) in [5.41, 5.74) is 0.0806. The van der Waals surface area contributed by atoms with Crippen molar-refractivity contribution in [1.29, 1.82) is 0 Å². The van der Waals surface area contributed by atoms with E-state index in [1.54, 1.807) is 0 Å². The Morgan fingerprint density at radius 2 is 1.95 bits per heavy atom. The number of rotatable bonds is 7. The molecule has 19 heavy (non-hydrogen) atoms. The van der Waals surface area contributed by atoms with Crippen LogP contribution >= 0.6 is 0 Å². The summed E-state index contributed by atoms with van der Waals surface area (Å²) in [5.74, 6) is 1.75. The van der Waals surface area contributed by atoms with E-state index in [0.29, 0.717) is 0 Å². The first-order chi connectivity index (χ1) is 8.97. The molecule has 1 rings (SSSR count). The number of hydrogen-bond acceptors (Lipinski definition) is 4. The number of nitrogens with one attached hydrogen (secondary N) is 2. The van der Waals surface area contributed by atoms with Gasteiger partial charge in [-0.2, -0.15) is 0 Å². The SMILES string of the molecule is CCCNc1cccc(NC(CCO)C(C)(C)C)n1. The van der Waals surface area contributed by atoms with Gasteiger partial charge in [-0.3, -0.25) is 0 Å². The monoisotopic (exact) mass is 265 g/mol.